The Morgan fingerprint density at radius 1 is 1.45 bits per heavy atom. The number of nitrogens with one attached hydrogen (secondary N) is 1. The molecule has 5 nitrogen and oxygen atoms in total. The van der Waals surface area contributed by atoms with E-state index in [0.29, 0.717) is 11.6 Å². The number of aryl methyl sites for hydroxylation is 1. The first-order chi connectivity index (χ1) is 9.79. The molecule has 5 heteroatoms. The number of benzene rings is 1. The number of nitrogens with two attached hydrogens (primary N) is 2. The zero-order valence-corrected chi connectivity index (χ0v) is 11.4. The van der Waals surface area contributed by atoms with Crippen LogP contribution in [0.3, 0.4) is 0 Å². The Bertz CT molecular complexity index is 701. The molecule has 0 radical (unpaired) electrons. The summed E-state index contributed by atoms with van der Waals surface area (Å²) in [5.74, 6) is 5.02. The Hall–Kier alpha value is -1.85. The molecule has 2 aliphatic rings. The van der Waals surface area contributed by atoms with Crippen molar-refractivity contribution in [3.63, 3.8) is 0 Å². The highest BCUT2D eigenvalue weighted by atomic mass is 16.2. The second-order valence-electron chi connectivity index (χ2n) is 5.74. The van der Waals surface area contributed by atoms with Crippen molar-refractivity contribution in [2.24, 2.45) is 5.84 Å². The smallest absolute Gasteiger partial charge is 0.265 e. The average Bonchev–Trinajstić information content (AvgIpc) is 2.83. The van der Waals surface area contributed by atoms with Gasteiger partial charge in [-0.1, -0.05) is 0 Å². The molecule has 2 heterocycles. The number of carbonyl (C=O) groups excluding carboxylic acids is 1. The molecule has 1 aliphatic carbocycles. The van der Waals surface area contributed by atoms with Crippen LogP contribution in [-0.2, 0) is 13.0 Å². The number of hydrazine groups is 1. The van der Waals surface area contributed by atoms with Crippen LogP contribution in [0.15, 0.2) is 18.2 Å². The number of carbonyl (C=O) groups is 1. The first-order valence-corrected chi connectivity index (χ1v) is 7.29. The SMILES string of the molecule is NNC(=O)c1ccc2c(c1)c1c3n2CC[NH2+][C@H]3CCC1. The zero-order chi connectivity index (χ0) is 13.7. The van der Waals surface area contributed by atoms with Crippen LogP contribution in [0.2, 0.25) is 0 Å². The fraction of sp³-hybridized carbons (Fsp3) is 0.400. The van der Waals surface area contributed by atoms with Crippen molar-refractivity contribution in [3.8, 4) is 0 Å². The van der Waals surface area contributed by atoms with Crippen molar-refractivity contribution in [3.05, 3.63) is 35.0 Å². The second kappa shape index (κ2) is 4.33. The molecule has 1 aromatic heterocycles. The lowest BCUT2D eigenvalue weighted by Gasteiger charge is -2.27. The summed E-state index contributed by atoms with van der Waals surface area (Å²) in [5, 5.41) is 3.70. The fourth-order valence-electron chi connectivity index (χ4n) is 3.87. The summed E-state index contributed by atoms with van der Waals surface area (Å²) < 4.78 is 2.46. The van der Waals surface area contributed by atoms with E-state index in [9.17, 15) is 4.79 Å². The molecule has 4 rings (SSSR count). The number of nitrogens with zero attached hydrogens (tertiary/aromatic N) is 1. The number of hydrogen-bond acceptors (Lipinski definition) is 2. The van der Waals surface area contributed by atoms with Crippen LogP contribution >= 0.6 is 0 Å². The van der Waals surface area contributed by atoms with Gasteiger partial charge in [0, 0.05) is 22.9 Å². The molecule has 20 heavy (non-hydrogen) atoms. The third-order valence-electron chi connectivity index (χ3n) is 4.70. The zero-order valence-electron chi connectivity index (χ0n) is 11.4. The van der Waals surface area contributed by atoms with E-state index in [0.717, 1.165) is 19.5 Å². The molecule has 2 aromatic rings. The number of amides is 1. The first kappa shape index (κ1) is 11.9. The minimum Gasteiger partial charge on any atom is -0.337 e. The molecule has 0 saturated carbocycles. The minimum atomic E-state index is -0.220. The highest BCUT2D eigenvalue weighted by Gasteiger charge is 2.32. The molecule has 5 N–H and O–H groups in total. The summed E-state index contributed by atoms with van der Waals surface area (Å²) >= 11 is 0. The predicted octanol–water partition coefficient (Wildman–Crippen LogP) is 0.199. The van der Waals surface area contributed by atoms with Gasteiger partial charge in [0.1, 0.15) is 6.04 Å². The Morgan fingerprint density at radius 2 is 2.35 bits per heavy atom. The summed E-state index contributed by atoms with van der Waals surface area (Å²) in [6.45, 7) is 2.21. The van der Waals surface area contributed by atoms with Gasteiger partial charge in [0.05, 0.1) is 18.8 Å². The lowest BCUT2D eigenvalue weighted by molar-refractivity contribution is -0.704. The van der Waals surface area contributed by atoms with Gasteiger partial charge in [0.15, 0.2) is 0 Å². The van der Waals surface area contributed by atoms with Crippen LogP contribution in [0.1, 0.15) is 40.5 Å². The van der Waals surface area contributed by atoms with Gasteiger partial charge in [-0.05, 0) is 36.6 Å². The third kappa shape index (κ3) is 1.53. The van der Waals surface area contributed by atoms with Crippen LogP contribution < -0.4 is 16.6 Å². The second-order valence-corrected chi connectivity index (χ2v) is 5.74. The maximum atomic E-state index is 11.7. The summed E-state index contributed by atoms with van der Waals surface area (Å²) in [5.41, 5.74) is 7.06. The number of hydrogen-bond donors (Lipinski definition) is 3. The monoisotopic (exact) mass is 271 g/mol. The number of nitrogen functional groups attached to an aromatic ring is 1. The Balaban J connectivity index is 1.98. The van der Waals surface area contributed by atoms with Gasteiger partial charge in [-0.25, -0.2) is 5.84 Å². The van der Waals surface area contributed by atoms with Gasteiger partial charge in [-0.3, -0.25) is 10.2 Å². The Labute approximate surface area is 117 Å². The highest BCUT2D eigenvalue weighted by molar-refractivity contribution is 5.99. The molecule has 0 spiro atoms. The number of fused-ring (bicyclic) bond motifs is 3. The van der Waals surface area contributed by atoms with Gasteiger partial charge in [0.25, 0.3) is 5.91 Å². The largest absolute Gasteiger partial charge is 0.337 e. The lowest BCUT2D eigenvalue weighted by Crippen LogP contribution is -2.88. The quantitative estimate of drug-likeness (QED) is 0.394. The van der Waals surface area contributed by atoms with Crippen LogP contribution in [0.25, 0.3) is 10.9 Å². The van der Waals surface area contributed by atoms with Crippen LogP contribution in [-0.4, -0.2) is 17.0 Å². The average molecular weight is 271 g/mol. The van der Waals surface area contributed by atoms with E-state index in [4.69, 9.17) is 5.84 Å². The van der Waals surface area contributed by atoms with Crippen LogP contribution in [0.4, 0.5) is 0 Å². The number of quaternary nitrogens is 1. The number of rotatable bonds is 1. The van der Waals surface area contributed by atoms with E-state index >= 15 is 0 Å². The Morgan fingerprint density at radius 3 is 3.20 bits per heavy atom. The van der Waals surface area contributed by atoms with Gasteiger partial charge < -0.3 is 9.88 Å². The minimum absolute atomic E-state index is 0.220. The molecule has 0 saturated heterocycles. The summed E-state index contributed by atoms with van der Waals surface area (Å²) in [7, 11) is 0. The van der Waals surface area contributed by atoms with Gasteiger partial charge in [-0.15, -0.1) is 0 Å². The molecular formula is C15H19N4O+. The number of aromatic nitrogens is 1. The highest BCUT2D eigenvalue weighted by Crippen LogP contribution is 2.37. The summed E-state index contributed by atoms with van der Waals surface area (Å²) in [4.78, 5) is 11.7. The molecule has 0 fully saturated rings. The predicted molar refractivity (Wildman–Crippen MR) is 76.1 cm³/mol. The normalized spacial score (nSPS) is 20.8. The van der Waals surface area contributed by atoms with E-state index in [-0.39, 0.29) is 5.91 Å². The van der Waals surface area contributed by atoms with Crippen molar-refractivity contribution in [1.82, 2.24) is 9.99 Å². The van der Waals surface area contributed by atoms with E-state index in [1.165, 1.54) is 35.0 Å². The van der Waals surface area contributed by atoms with Gasteiger partial charge >= 0.3 is 0 Å². The molecule has 1 aromatic carbocycles. The molecule has 1 aliphatic heterocycles. The summed E-state index contributed by atoms with van der Waals surface area (Å²) in [6.07, 6.45) is 3.62. The molecule has 1 atom stereocenters. The molecular weight excluding hydrogens is 252 g/mol. The van der Waals surface area contributed by atoms with Gasteiger partial charge in [0.2, 0.25) is 0 Å². The fourth-order valence-corrected chi connectivity index (χ4v) is 3.87. The third-order valence-corrected chi connectivity index (χ3v) is 4.70. The van der Waals surface area contributed by atoms with E-state index in [1.807, 2.05) is 12.1 Å². The summed E-state index contributed by atoms with van der Waals surface area (Å²) in [6, 6.07) is 6.54. The van der Waals surface area contributed by atoms with Gasteiger partial charge in [-0.2, -0.15) is 0 Å². The molecule has 1 amide bonds. The van der Waals surface area contributed by atoms with Crippen LogP contribution in [0, 0.1) is 0 Å². The topological polar surface area (TPSA) is 76.7 Å². The van der Waals surface area contributed by atoms with Crippen molar-refractivity contribution < 1.29 is 10.1 Å². The molecule has 0 unspecified atom stereocenters. The van der Waals surface area contributed by atoms with Crippen molar-refractivity contribution in [1.29, 1.82) is 0 Å². The maximum Gasteiger partial charge on any atom is 0.265 e. The van der Waals surface area contributed by atoms with Crippen LogP contribution in [0.5, 0.6) is 0 Å². The maximum absolute atomic E-state index is 11.7. The lowest BCUT2D eigenvalue weighted by atomic mass is 9.90. The standard InChI is InChI=1S/C15H18N4O/c16-18-15(20)9-4-5-13-11(8-9)10-2-1-3-12-14(10)19(13)7-6-17-12/h4-5,8,12,17H,1-3,6-7,16H2,(H,18,20)/p+1/t12-/m0/s1. The Kier molecular flexibility index (Phi) is 2.58. The van der Waals surface area contributed by atoms with Crippen molar-refractivity contribution in [2.45, 2.75) is 31.8 Å². The first-order valence-electron chi connectivity index (χ1n) is 7.29. The van der Waals surface area contributed by atoms with E-state index < -0.39 is 0 Å². The molecule has 0 bridgehead atoms. The van der Waals surface area contributed by atoms with E-state index in [1.54, 1.807) is 0 Å². The van der Waals surface area contributed by atoms with E-state index in [2.05, 4.69) is 21.4 Å². The molecule has 104 valence electrons. The van der Waals surface area contributed by atoms with Crippen molar-refractivity contribution >= 4 is 16.8 Å². The van der Waals surface area contributed by atoms with Crippen molar-refractivity contribution in [2.75, 3.05) is 6.54 Å².